The minimum absolute atomic E-state index is 0.0519. The zero-order valence-corrected chi connectivity index (χ0v) is 40.7. The van der Waals surface area contributed by atoms with Gasteiger partial charge in [-0.1, -0.05) is 204 Å². The van der Waals surface area contributed by atoms with Crippen molar-refractivity contribution in [3.63, 3.8) is 0 Å². The second-order valence-electron chi connectivity index (χ2n) is 22.3. The van der Waals surface area contributed by atoms with E-state index in [0.717, 1.165) is 52.0 Å². The standard InChI is InChI=1S/C62H65N3/c1-59(2,3)45-35-49-50-36-46(60(4,5)6)38-52(62(10,11)12)57(50)65(56(49)51(37-45)61(7,8)9)55-47(40-25-17-13-18-26-40)33-44(34-48(55)41-27-19-14-20-28-41)58-63-53(42-29-21-15-22-30-42)39-54(64-58)43-31-23-16-24-32-43/h13,15-19,21-39H,14,20H2,1-12H3. The first-order valence-corrected chi connectivity index (χ1v) is 23.6. The van der Waals surface area contributed by atoms with Gasteiger partial charge in [0.05, 0.1) is 28.1 Å². The van der Waals surface area contributed by atoms with Crippen molar-refractivity contribution in [2.24, 2.45) is 0 Å². The van der Waals surface area contributed by atoms with Gasteiger partial charge in [-0.15, -0.1) is 0 Å². The molecule has 2 aromatic heterocycles. The summed E-state index contributed by atoms with van der Waals surface area (Å²) in [4.78, 5) is 10.8. The van der Waals surface area contributed by atoms with E-state index in [1.165, 1.54) is 60.9 Å². The van der Waals surface area contributed by atoms with E-state index >= 15 is 0 Å². The van der Waals surface area contributed by atoms with Crippen molar-refractivity contribution in [2.45, 2.75) is 118 Å². The maximum atomic E-state index is 5.42. The fourth-order valence-corrected chi connectivity index (χ4v) is 9.47. The highest BCUT2D eigenvalue weighted by Gasteiger charge is 2.33. The molecule has 1 aliphatic carbocycles. The van der Waals surface area contributed by atoms with Gasteiger partial charge in [0.1, 0.15) is 0 Å². The average molecular weight is 852 g/mol. The third-order valence-corrected chi connectivity index (χ3v) is 13.2. The Morgan fingerprint density at radius 2 is 0.877 bits per heavy atom. The smallest absolute Gasteiger partial charge is 0.160 e. The van der Waals surface area contributed by atoms with Crippen LogP contribution in [0.3, 0.4) is 0 Å². The third kappa shape index (κ3) is 8.43. The molecule has 0 bridgehead atoms. The molecule has 0 amide bonds. The summed E-state index contributed by atoms with van der Waals surface area (Å²) in [6.45, 7) is 28.4. The van der Waals surface area contributed by atoms with Gasteiger partial charge in [0.25, 0.3) is 0 Å². The Bertz CT molecular complexity index is 2990. The number of hydrogen-bond donors (Lipinski definition) is 0. The van der Waals surface area contributed by atoms with Gasteiger partial charge in [0.15, 0.2) is 5.82 Å². The average Bonchev–Trinajstić information content (AvgIpc) is 3.61. The molecule has 65 heavy (non-hydrogen) atoms. The van der Waals surface area contributed by atoms with Crippen LogP contribution in [0.4, 0.5) is 0 Å². The van der Waals surface area contributed by atoms with E-state index in [2.05, 4.69) is 239 Å². The maximum Gasteiger partial charge on any atom is 0.160 e. The molecule has 3 nitrogen and oxygen atoms in total. The van der Waals surface area contributed by atoms with Gasteiger partial charge >= 0.3 is 0 Å². The molecule has 0 unspecified atom stereocenters. The Kier molecular flexibility index (Phi) is 11.0. The second-order valence-corrected chi connectivity index (χ2v) is 22.3. The number of allylic oxidation sites excluding steroid dienone is 4. The van der Waals surface area contributed by atoms with Gasteiger partial charge in [0, 0.05) is 38.6 Å². The summed E-state index contributed by atoms with van der Waals surface area (Å²) in [5.74, 6) is 0.702. The second kappa shape index (κ2) is 16.3. The molecule has 2 heterocycles. The number of hydrogen-bond acceptors (Lipinski definition) is 2. The predicted octanol–water partition coefficient (Wildman–Crippen LogP) is 17.2. The minimum atomic E-state index is -0.170. The lowest BCUT2D eigenvalue weighted by atomic mass is 9.78. The van der Waals surface area contributed by atoms with Crippen molar-refractivity contribution < 1.29 is 0 Å². The molecule has 6 aromatic carbocycles. The molecule has 8 aromatic rings. The molecule has 0 N–H and O–H groups in total. The highest BCUT2D eigenvalue weighted by molar-refractivity contribution is 6.14. The van der Waals surface area contributed by atoms with Crippen LogP contribution in [0.1, 0.15) is 124 Å². The Morgan fingerprint density at radius 1 is 0.431 bits per heavy atom. The van der Waals surface area contributed by atoms with Crippen molar-refractivity contribution in [3.05, 3.63) is 180 Å². The lowest BCUT2D eigenvalue weighted by Gasteiger charge is -2.29. The van der Waals surface area contributed by atoms with Crippen molar-refractivity contribution in [3.8, 4) is 50.7 Å². The molecule has 0 aliphatic heterocycles. The number of benzene rings is 6. The van der Waals surface area contributed by atoms with Gasteiger partial charge in [-0.2, -0.15) is 0 Å². The van der Waals surface area contributed by atoms with E-state index in [4.69, 9.17) is 9.97 Å². The summed E-state index contributed by atoms with van der Waals surface area (Å²) >= 11 is 0. The van der Waals surface area contributed by atoms with Crippen LogP contribution in [0.15, 0.2) is 152 Å². The van der Waals surface area contributed by atoms with E-state index in [1.54, 1.807) is 0 Å². The maximum absolute atomic E-state index is 5.42. The van der Waals surface area contributed by atoms with Crippen LogP contribution < -0.4 is 0 Å². The van der Waals surface area contributed by atoms with Crippen LogP contribution in [0.2, 0.25) is 0 Å². The van der Waals surface area contributed by atoms with E-state index in [0.29, 0.717) is 5.82 Å². The largest absolute Gasteiger partial charge is 0.307 e. The summed E-state index contributed by atoms with van der Waals surface area (Å²) in [5, 5.41) is 2.62. The van der Waals surface area contributed by atoms with Crippen molar-refractivity contribution >= 4 is 27.4 Å². The summed E-state index contributed by atoms with van der Waals surface area (Å²) < 4.78 is 2.70. The van der Waals surface area contributed by atoms with Gasteiger partial charge in [0.2, 0.25) is 0 Å². The monoisotopic (exact) mass is 852 g/mol. The third-order valence-electron chi connectivity index (χ3n) is 13.2. The Hall–Kier alpha value is -6.32. The zero-order chi connectivity index (χ0) is 46.1. The first-order chi connectivity index (χ1) is 30.8. The molecule has 0 fully saturated rings. The summed E-state index contributed by atoms with van der Waals surface area (Å²) in [5.41, 5.74) is 18.3. The summed E-state index contributed by atoms with van der Waals surface area (Å²) in [7, 11) is 0. The fraction of sp³-hybridized carbons (Fsp3) is 0.290. The number of nitrogens with zero attached hydrogens (tertiary/aromatic N) is 3. The van der Waals surface area contributed by atoms with Crippen LogP contribution in [0.25, 0.3) is 78.1 Å². The molecular weight excluding hydrogens is 787 g/mol. The molecule has 3 heteroatoms. The number of fused-ring (bicyclic) bond motifs is 3. The normalized spacial score (nSPS) is 13.8. The van der Waals surface area contributed by atoms with E-state index in [1.807, 2.05) is 0 Å². The Morgan fingerprint density at radius 3 is 1.29 bits per heavy atom. The van der Waals surface area contributed by atoms with E-state index < -0.39 is 0 Å². The van der Waals surface area contributed by atoms with E-state index in [9.17, 15) is 0 Å². The molecule has 0 saturated heterocycles. The van der Waals surface area contributed by atoms with Crippen molar-refractivity contribution in [2.75, 3.05) is 0 Å². The van der Waals surface area contributed by atoms with E-state index in [-0.39, 0.29) is 21.7 Å². The lowest BCUT2D eigenvalue weighted by Crippen LogP contribution is -2.19. The molecule has 0 spiro atoms. The topological polar surface area (TPSA) is 30.7 Å². The molecule has 1 aliphatic rings. The Labute approximate surface area is 388 Å². The van der Waals surface area contributed by atoms with Gasteiger partial charge in [-0.3, -0.25) is 0 Å². The lowest BCUT2D eigenvalue weighted by molar-refractivity contribution is 0.571. The summed E-state index contributed by atoms with van der Waals surface area (Å²) in [6, 6.07) is 49.0. The summed E-state index contributed by atoms with van der Waals surface area (Å²) in [6.07, 6.45) is 9.12. The Balaban J connectivity index is 1.51. The molecule has 328 valence electrons. The SMILES string of the molecule is CC(C)(C)c1cc(C(C)(C)C)c2c(c1)c1cc(C(C)(C)C)cc(C(C)(C)C)c1n2-c1c(C2=CCCC=C2)cc(-c2nc(-c3ccccc3)cc(-c3ccccc3)n2)cc1-c1ccccc1. The number of rotatable bonds is 6. The number of aromatic nitrogens is 3. The van der Waals surface area contributed by atoms with Crippen LogP contribution in [-0.2, 0) is 21.7 Å². The van der Waals surface area contributed by atoms with Crippen molar-refractivity contribution in [1.82, 2.24) is 14.5 Å². The van der Waals surface area contributed by atoms with Crippen molar-refractivity contribution in [1.29, 1.82) is 0 Å². The predicted molar refractivity (Wildman–Crippen MR) is 279 cm³/mol. The molecule has 9 rings (SSSR count). The van der Waals surface area contributed by atoms with Crippen LogP contribution in [0.5, 0.6) is 0 Å². The molecule has 0 radical (unpaired) electrons. The van der Waals surface area contributed by atoms with Crippen LogP contribution in [-0.4, -0.2) is 14.5 Å². The highest BCUT2D eigenvalue weighted by Crippen LogP contribution is 2.49. The highest BCUT2D eigenvalue weighted by atomic mass is 15.0. The molecule has 0 atom stereocenters. The quantitative estimate of drug-likeness (QED) is 0.167. The molecular formula is C62H65N3. The first kappa shape index (κ1) is 43.9. The molecule has 0 saturated carbocycles. The van der Waals surface area contributed by atoms with Crippen LogP contribution >= 0.6 is 0 Å². The fourth-order valence-electron chi connectivity index (χ4n) is 9.47. The van der Waals surface area contributed by atoms with Crippen LogP contribution in [0, 0.1) is 0 Å². The van der Waals surface area contributed by atoms with Gasteiger partial charge in [-0.05, 0) is 98.2 Å². The first-order valence-electron chi connectivity index (χ1n) is 23.6. The van der Waals surface area contributed by atoms with Gasteiger partial charge in [-0.25, -0.2) is 9.97 Å². The zero-order valence-electron chi connectivity index (χ0n) is 40.7. The minimum Gasteiger partial charge on any atom is -0.307 e. The van der Waals surface area contributed by atoms with Gasteiger partial charge < -0.3 is 4.57 Å².